The monoisotopic (exact) mass is 187 g/mol. The van der Waals surface area contributed by atoms with E-state index in [2.05, 4.69) is 50.2 Å². The Hall–Kier alpha value is -1.42. The maximum absolute atomic E-state index is 3.13. The zero-order chi connectivity index (χ0) is 10.4. The van der Waals surface area contributed by atoms with E-state index in [-0.39, 0.29) is 5.41 Å². The highest BCUT2D eigenvalue weighted by Crippen LogP contribution is 2.09. The molecule has 0 unspecified atom stereocenters. The molecule has 14 heavy (non-hydrogen) atoms. The molecule has 0 fully saturated rings. The van der Waals surface area contributed by atoms with Gasteiger partial charge in [0.15, 0.2) is 0 Å². The fraction of sp³-hybridized carbons (Fsp3) is 0.385. The van der Waals surface area contributed by atoms with Crippen LogP contribution in [-0.4, -0.2) is 0 Å². The van der Waals surface area contributed by atoms with Crippen molar-refractivity contribution in [1.29, 1.82) is 0 Å². The van der Waals surface area contributed by atoms with Crippen LogP contribution in [0.1, 0.15) is 26.3 Å². The zero-order valence-electron chi connectivity index (χ0n) is 9.09. The Balaban J connectivity index is 2.39. The van der Waals surface area contributed by atoms with Crippen molar-refractivity contribution >= 4 is 0 Å². The maximum Gasteiger partial charge on any atom is 0.0480 e. The molecule has 0 heterocycles. The zero-order valence-corrected chi connectivity index (χ0v) is 9.09. The van der Waals surface area contributed by atoms with Gasteiger partial charge in [-0.15, -0.1) is 0 Å². The molecular formula is C13H17N. The van der Waals surface area contributed by atoms with Gasteiger partial charge < -0.3 is 5.32 Å². The molecule has 0 bridgehead atoms. The summed E-state index contributed by atoms with van der Waals surface area (Å²) in [4.78, 5) is 0. The van der Waals surface area contributed by atoms with E-state index >= 15 is 0 Å². The Bertz CT molecular complexity index is 322. The van der Waals surface area contributed by atoms with E-state index in [1.165, 1.54) is 5.56 Å². The van der Waals surface area contributed by atoms with Crippen molar-refractivity contribution in [1.82, 2.24) is 5.32 Å². The largest absolute Gasteiger partial charge is 0.341 e. The summed E-state index contributed by atoms with van der Waals surface area (Å²) < 4.78 is 0. The van der Waals surface area contributed by atoms with Gasteiger partial charge in [-0.25, -0.2) is 0 Å². The molecule has 1 N–H and O–H groups in total. The van der Waals surface area contributed by atoms with Crippen molar-refractivity contribution in [2.45, 2.75) is 27.3 Å². The summed E-state index contributed by atoms with van der Waals surface area (Å²) in [5.41, 5.74) is 1.33. The first kappa shape index (κ1) is 10.7. The third-order valence-corrected chi connectivity index (χ3v) is 1.66. The van der Waals surface area contributed by atoms with E-state index in [0.29, 0.717) is 0 Å². The first-order valence-corrected chi connectivity index (χ1v) is 4.87. The van der Waals surface area contributed by atoms with Gasteiger partial charge in [-0.3, -0.25) is 0 Å². The lowest BCUT2D eigenvalue weighted by atomic mass is 9.99. The summed E-state index contributed by atoms with van der Waals surface area (Å²) in [7, 11) is 0. The van der Waals surface area contributed by atoms with E-state index < -0.39 is 0 Å². The van der Waals surface area contributed by atoms with Gasteiger partial charge in [0.1, 0.15) is 0 Å². The quantitative estimate of drug-likeness (QED) is 0.554. The minimum Gasteiger partial charge on any atom is -0.341 e. The van der Waals surface area contributed by atoms with Gasteiger partial charge in [-0.05, 0) is 26.3 Å². The second-order valence-electron chi connectivity index (χ2n) is 4.34. The molecule has 0 amide bonds. The Kier molecular flexibility index (Phi) is 3.59. The van der Waals surface area contributed by atoms with Gasteiger partial charge in [0.25, 0.3) is 0 Å². The molecule has 0 aliphatic carbocycles. The molecule has 1 aromatic rings. The highest BCUT2D eigenvalue weighted by Gasteiger charge is 2.02. The van der Waals surface area contributed by atoms with Crippen molar-refractivity contribution in [3.63, 3.8) is 0 Å². The molecule has 0 saturated carbocycles. The van der Waals surface area contributed by atoms with Crippen LogP contribution >= 0.6 is 0 Å². The van der Waals surface area contributed by atoms with E-state index in [9.17, 15) is 0 Å². The lowest BCUT2D eigenvalue weighted by molar-refractivity contribution is 0.569. The third kappa shape index (κ3) is 4.57. The number of benzene rings is 1. The van der Waals surface area contributed by atoms with Crippen molar-refractivity contribution in [3.05, 3.63) is 35.9 Å². The molecule has 1 heteroatoms. The van der Waals surface area contributed by atoms with Gasteiger partial charge in [0.2, 0.25) is 0 Å². The van der Waals surface area contributed by atoms with E-state index in [0.717, 1.165) is 6.54 Å². The summed E-state index contributed by atoms with van der Waals surface area (Å²) in [5, 5.41) is 3.10. The maximum atomic E-state index is 3.13. The van der Waals surface area contributed by atoms with Gasteiger partial charge in [0, 0.05) is 18.0 Å². The Morgan fingerprint density at radius 1 is 1.14 bits per heavy atom. The lowest BCUT2D eigenvalue weighted by Gasteiger charge is -2.06. The molecule has 1 aromatic carbocycles. The molecule has 74 valence electrons. The first-order valence-electron chi connectivity index (χ1n) is 4.87. The summed E-state index contributed by atoms with van der Waals surface area (Å²) in [5.74, 6) is 3.13. The van der Waals surface area contributed by atoms with Crippen molar-refractivity contribution in [2.75, 3.05) is 0 Å². The molecule has 0 spiro atoms. The minimum atomic E-state index is 0.0731. The molecule has 0 aliphatic heterocycles. The average molecular weight is 187 g/mol. The SMILES string of the molecule is CC(C)(C)C#CNCc1ccccc1. The van der Waals surface area contributed by atoms with Crippen molar-refractivity contribution < 1.29 is 0 Å². The second-order valence-corrected chi connectivity index (χ2v) is 4.34. The number of hydrogen-bond donors (Lipinski definition) is 1. The second kappa shape index (κ2) is 4.72. The molecule has 0 aliphatic rings. The minimum absolute atomic E-state index is 0.0731. The number of rotatable bonds is 2. The molecule has 1 rings (SSSR count). The van der Waals surface area contributed by atoms with Crippen LogP contribution in [0.15, 0.2) is 30.3 Å². The highest BCUT2D eigenvalue weighted by atomic mass is 14.8. The Morgan fingerprint density at radius 3 is 2.36 bits per heavy atom. The predicted octanol–water partition coefficient (Wildman–Crippen LogP) is 2.78. The topological polar surface area (TPSA) is 12.0 Å². The van der Waals surface area contributed by atoms with Crippen LogP contribution in [0.3, 0.4) is 0 Å². The fourth-order valence-corrected chi connectivity index (χ4v) is 0.974. The summed E-state index contributed by atoms with van der Waals surface area (Å²) in [6, 6.07) is 13.2. The first-order chi connectivity index (χ1) is 6.58. The molecule has 1 nitrogen and oxygen atoms in total. The van der Waals surface area contributed by atoms with Crippen LogP contribution in [0.2, 0.25) is 0 Å². The normalized spacial score (nSPS) is 10.2. The lowest BCUT2D eigenvalue weighted by Crippen LogP contribution is -2.07. The van der Waals surface area contributed by atoms with Gasteiger partial charge >= 0.3 is 0 Å². The van der Waals surface area contributed by atoms with E-state index in [4.69, 9.17) is 0 Å². The summed E-state index contributed by atoms with van der Waals surface area (Å²) in [6.07, 6.45) is 0. The third-order valence-electron chi connectivity index (χ3n) is 1.66. The smallest absolute Gasteiger partial charge is 0.0480 e. The molecule has 0 atom stereocenters. The van der Waals surface area contributed by atoms with Gasteiger partial charge in [0.05, 0.1) is 0 Å². The summed E-state index contributed by atoms with van der Waals surface area (Å²) in [6.45, 7) is 7.11. The van der Waals surface area contributed by atoms with Gasteiger partial charge in [-0.1, -0.05) is 36.3 Å². The Labute approximate surface area is 86.5 Å². The summed E-state index contributed by atoms with van der Waals surface area (Å²) >= 11 is 0. The Morgan fingerprint density at radius 2 is 1.79 bits per heavy atom. The molecule has 0 saturated heterocycles. The number of hydrogen-bond acceptors (Lipinski definition) is 1. The predicted molar refractivity (Wildman–Crippen MR) is 60.5 cm³/mol. The van der Waals surface area contributed by atoms with Crippen LogP contribution in [0, 0.1) is 17.4 Å². The van der Waals surface area contributed by atoms with Crippen LogP contribution in [0.25, 0.3) is 0 Å². The molecule has 0 aromatic heterocycles. The van der Waals surface area contributed by atoms with Gasteiger partial charge in [-0.2, -0.15) is 0 Å². The molecule has 0 radical (unpaired) electrons. The molecular weight excluding hydrogens is 170 g/mol. The van der Waals surface area contributed by atoms with E-state index in [1.54, 1.807) is 0 Å². The van der Waals surface area contributed by atoms with Crippen LogP contribution in [0.4, 0.5) is 0 Å². The highest BCUT2D eigenvalue weighted by molar-refractivity contribution is 5.15. The van der Waals surface area contributed by atoms with Crippen LogP contribution in [-0.2, 0) is 6.54 Å². The van der Waals surface area contributed by atoms with Crippen molar-refractivity contribution in [2.24, 2.45) is 5.41 Å². The van der Waals surface area contributed by atoms with Crippen LogP contribution < -0.4 is 5.32 Å². The van der Waals surface area contributed by atoms with Crippen LogP contribution in [0.5, 0.6) is 0 Å². The van der Waals surface area contributed by atoms with Crippen molar-refractivity contribution in [3.8, 4) is 12.0 Å². The standard InChI is InChI=1S/C13H17N/c1-13(2,3)9-10-14-11-12-7-5-4-6-8-12/h4-8,14H,11H2,1-3H3. The van der Waals surface area contributed by atoms with E-state index in [1.807, 2.05) is 18.2 Å². The average Bonchev–Trinajstić information content (AvgIpc) is 2.13. The number of nitrogens with one attached hydrogen (secondary N) is 1. The fourth-order valence-electron chi connectivity index (χ4n) is 0.974.